The minimum Gasteiger partial charge on any atom is -0.278 e. The molecule has 0 bridgehead atoms. The third kappa shape index (κ3) is 2.88. The van der Waals surface area contributed by atoms with Gasteiger partial charge in [0.15, 0.2) is 0 Å². The summed E-state index contributed by atoms with van der Waals surface area (Å²) < 4.78 is 0. The van der Waals surface area contributed by atoms with Gasteiger partial charge < -0.3 is 0 Å². The van der Waals surface area contributed by atoms with Crippen LogP contribution in [0.2, 0.25) is 0 Å². The van der Waals surface area contributed by atoms with Gasteiger partial charge in [-0.05, 0) is 12.1 Å². The number of rotatable bonds is 4. The topological polar surface area (TPSA) is 25.2 Å². The Morgan fingerprint density at radius 2 is 1.88 bits per heavy atom. The molecule has 2 nitrogen and oxygen atoms in total. The number of pyridine rings is 1. The van der Waals surface area contributed by atoms with Crippen molar-refractivity contribution in [1.82, 2.24) is 4.98 Å². The van der Waals surface area contributed by atoms with Gasteiger partial charge in [-0.3, -0.25) is 9.98 Å². The number of aromatic nitrogens is 1. The molecule has 0 unspecified atom stereocenters. The van der Waals surface area contributed by atoms with Crippen molar-refractivity contribution >= 4 is 5.71 Å². The summed E-state index contributed by atoms with van der Waals surface area (Å²) in [5, 5.41) is 0. The van der Waals surface area contributed by atoms with Crippen molar-refractivity contribution in [2.75, 3.05) is 6.54 Å². The van der Waals surface area contributed by atoms with Gasteiger partial charge in [0.25, 0.3) is 0 Å². The molecule has 84 valence electrons. The summed E-state index contributed by atoms with van der Waals surface area (Å²) in [5.41, 5.74) is 2.87. The van der Waals surface area contributed by atoms with Crippen molar-refractivity contribution in [3.8, 4) is 0 Å². The molecule has 17 heavy (non-hydrogen) atoms. The SMILES string of the molecule is C=CC/N=C(/c1ccccc1)c1ccccn1. The summed E-state index contributed by atoms with van der Waals surface area (Å²) in [4.78, 5) is 8.86. The van der Waals surface area contributed by atoms with Crippen molar-refractivity contribution in [2.24, 2.45) is 4.99 Å². The van der Waals surface area contributed by atoms with Crippen LogP contribution in [0.1, 0.15) is 11.3 Å². The highest BCUT2D eigenvalue weighted by Gasteiger charge is 2.06. The predicted molar refractivity (Wildman–Crippen MR) is 71.4 cm³/mol. The molecular formula is C15H14N2. The highest BCUT2D eigenvalue weighted by atomic mass is 14.8. The lowest BCUT2D eigenvalue weighted by molar-refractivity contribution is 1.21. The zero-order valence-electron chi connectivity index (χ0n) is 9.58. The number of aliphatic imine (C=N–C) groups is 1. The molecule has 0 spiro atoms. The molecule has 2 rings (SSSR count). The van der Waals surface area contributed by atoms with Gasteiger partial charge in [0, 0.05) is 11.8 Å². The average molecular weight is 222 g/mol. The maximum Gasteiger partial charge on any atom is 0.0906 e. The van der Waals surface area contributed by atoms with Gasteiger partial charge in [-0.2, -0.15) is 0 Å². The van der Waals surface area contributed by atoms with Gasteiger partial charge in [-0.15, -0.1) is 6.58 Å². The second kappa shape index (κ2) is 5.75. The van der Waals surface area contributed by atoms with Gasteiger partial charge in [0.05, 0.1) is 18.0 Å². The van der Waals surface area contributed by atoms with Crippen LogP contribution < -0.4 is 0 Å². The van der Waals surface area contributed by atoms with E-state index in [2.05, 4.69) is 16.6 Å². The lowest BCUT2D eigenvalue weighted by atomic mass is 10.1. The van der Waals surface area contributed by atoms with Gasteiger partial charge in [0.1, 0.15) is 0 Å². The predicted octanol–water partition coefficient (Wildman–Crippen LogP) is 3.11. The molecule has 0 radical (unpaired) electrons. The Morgan fingerprint density at radius 1 is 1.12 bits per heavy atom. The van der Waals surface area contributed by atoms with Crippen LogP contribution in [-0.2, 0) is 0 Å². The van der Waals surface area contributed by atoms with Crippen LogP contribution in [0.4, 0.5) is 0 Å². The standard InChI is InChI=1S/C15H14N2/c1-2-11-17-15(13-8-4-3-5-9-13)14-10-6-7-12-16-14/h2-10,12H,1,11H2/b17-15-. The molecule has 0 saturated heterocycles. The Labute approximate surface area is 101 Å². The Kier molecular flexibility index (Phi) is 3.81. The molecule has 0 atom stereocenters. The first-order valence-corrected chi connectivity index (χ1v) is 5.54. The van der Waals surface area contributed by atoms with E-state index in [-0.39, 0.29) is 0 Å². The van der Waals surface area contributed by atoms with E-state index in [1.165, 1.54) is 0 Å². The fourth-order valence-electron chi connectivity index (χ4n) is 1.57. The van der Waals surface area contributed by atoms with Gasteiger partial charge >= 0.3 is 0 Å². The molecule has 2 heteroatoms. The molecule has 0 amide bonds. The zero-order valence-corrected chi connectivity index (χ0v) is 9.58. The van der Waals surface area contributed by atoms with E-state index in [4.69, 9.17) is 0 Å². The summed E-state index contributed by atoms with van der Waals surface area (Å²) in [6.07, 6.45) is 3.56. The van der Waals surface area contributed by atoms with E-state index in [0.717, 1.165) is 17.0 Å². The molecule has 1 heterocycles. The molecule has 0 aliphatic carbocycles. The quantitative estimate of drug-likeness (QED) is 0.576. The monoisotopic (exact) mass is 222 g/mol. The fourth-order valence-corrected chi connectivity index (χ4v) is 1.57. The van der Waals surface area contributed by atoms with E-state index in [0.29, 0.717) is 6.54 Å². The number of hydrogen-bond donors (Lipinski definition) is 0. The third-order valence-electron chi connectivity index (χ3n) is 2.33. The van der Waals surface area contributed by atoms with E-state index in [9.17, 15) is 0 Å². The van der Waals surface area contributed by atoms with Crippen molar-refractivity contribution in [3.63, 3.8) is 0 Å². The van der Waals surface area contributed by atoms with E-state index in [1.807, 2.05) is 48.5 Å². The highest BCUT2D eigenvalue weighted by Crippen LogP contribution is 2.08. The van der Waals surface area contributed by atoms with Crippen LogP contribution in [-0.4, -0.2) is 17.2 Å². The summed E-state index contributed by atoms with van der Waals surface area (Å²) in [5.74, 6) is 0. The summed E-state index contributed by atoms with van der Waals surface area (Å²) in [6.45, 7) is 4.29. The van der Waals surface area contributed by atoms with Gasteiger partial charge in [0.2, 0.25) is 0 Å². The zero-order chi connectivity index (χ0) is 11.9. The Morgan fingerprint density at radius 3 is 2.53 bits per heavy atom. The van der Waals surface area contributed by atoms with E-state index in [1.54, 1.807) is 12.3 Å². The lowest BCUT2D eigenvalue weighted by Crippen LogP contribution is -2.06. The molecule has 1 aromatic carbocycles. The Balaban J connectivity index is 2.43. The number of hydrogen-bond acceptors (Lipinski definition) is 2. The smallest absolute Gasteiger partial charge is 0.0906 e. The first kappa shape index (κ1) is 11.3. The molecule has 0 saturated carbocycles. The molecular weight excluding hydrogens is 208 g/mol. The first-order chi connectivity index (χ1) is 8.42. The van der Waals surface area contributed by atoms with Crippen molar-refractivity contribution in [2.45, 2.75) is 0 Å². The molecule has 0 aliphatic rings. The molecule has 0 N–H and O–H groups in total. The van der Waals surface area contributed by atoms with E-state index < -0.39 is 0 Å². The minimum atomic E-state index is 0.598. The molecule has 0 aliphatic heterocycles. The second-order valence-corrected chi connectivity index (χ2v) is 3.56. The summed E-state index contributed by atoms with van der Waals surface area (Å²) in [7, 11) is 0. The van der Waals surface area contributed by atoms with Crippen LogP contribution in [0.3, 0.4) is 0 Å². The van der Waals surface area contributed by atoms with Gasteiger partial charge in [-0.1, -0.05) is 42.5 Å². The van der Waals surface area contributed by atoms with Crippen LogP contribution in [0, 0.1) is 0 Å². The molecule has 0 fully saturated rings. The maximum absolute atomic E-state index is 4.52. The molecule has 2 aromatic rings. The normalized spacial score (nSPS) is 11.2. The lowest BCUT2D eigenvalue weighted by Gasteiger charge is -2.05. The Hall–Kier alpha value is -2.22. The van der Waals surface area contributed by atoms with Crippen LogP contribution in [0.25, 0.3) is 0 Å². The third-order valence-corrected chi connectivity index (χ3v) is 2.33. The van der Waals surface area contributed by atoms with E-state index >= 15 is 0 Å². The Bertz CT molecular complexity index is 459. The summed E-state index contributed by atoms with van der Waals surface area (Å²) >= 11 is 0. The van der Waals surface area contributed by atoms with Crippen LogP contribution >= 0.6 is 0 Å². The number of nitrogens with zero attached hydrogens (tertiary/aromatic N) is 2. The largest absolute Gasteiger partial charge is 0.278 e. The summed E-state index contributed by atoms with van der Waals surface area (Å²) in [6, 6.07) is 15.9. The molecule has 1 aromatic heterocycles. The second-order valence-electron chi connectivity index (χ2n) is 3.56. The highest BCUT2D eigenvalue weighted by molar-refractivity contribution is 6.11. The van der Waals surface area contributed by atoms with Crippen molar-refractivity contribution in [3.05, 3.63) is 78.6 Å². The van der Waals surface area contributed by atoms with Gasteiger partial charge in [-0.25, -0.2) is 0 Å². The average Bonchev–Trinajstić information content (AvgIpc) is 2.42. The van der Waals surface area contributed by atoms with Crippen molar-refractivity contribution in [1.29, 1.82) is 0 Å². The minimum absolute atomic E-state index is 0.598. The fraction of sp³-hybridized carbons (Fsp3) is 0.0667. The van der Waals surface area contributed by atoms with Crippen LogP contribution in [0.5, 0.6) is 0 Å². The van der Waals surface area contributed by atoms with Crippen molar-refractivity contribution < 1.29 is 0 Å². The van der Waals surface area contributed by atoms with Crippen LogP contribution in [0.15, 0.2) is 72.4 Å². The number of benzene rings is 1. The maximum atomic E-state index is 4.52. The first-order valence-electron chi connectivity index (χ1n) is 5.54.